The molecule has 2 atom stereocenters. The van der Waals surface area contributed by atoms with Crippen molar-refractivity contribution in [3.63, 3.8) is 0 Å². The number of benzene rings is 2. The van der Waals surface area contributed by atoms with Crippen LogP contribution in [0.25, 0.3) is 0 Å². The Labute approximate surface area is 167 Å². The van der Waals surface area contributed by atoms with Gasteiger partial charge >= 0.3 is 0 Å². The zero-order chi connectivity index (χ0) is 19.7. The zero-order valence-electron chi connectivity index (χ0n) is 15.2. The summed E-state index contributed by atoms with van der Waals surface area (Å²) in [7, 11) is 0. The van der Waals surface area contributed by atoms with E-state index in [1.165, 1.54) is 23.9 Å². The van der Waals surface area contributed by atoms with Gasteiger partial charge in [-0.25, -0.2) is 8.78 Å². The standard InChI is InChI=1S/C20H21F2N5S/c21-17-6-14(9-24-25-20(23)28)7-18(22)19(17)27-12-15-8-16(27)11-26(15)10-13-4-2-1-3-5-13/h1-7,9,15-16H,8,10-12H2,(H3,23,25,28)/t15-,16-/m0/s1. The number of nitrogens with two attached hydrogens (primary N) is 1. The summed E-state index contributed by atoms with van der Waals surface area (Å²) in [4.78, 5) is 4.26. The van der Waals surface area contributed by atoms with Crippen LogP contribution >= 0.6 is 12.2 Å². The van der Waals surface area contributed by atoms with Crippen molar-refractivity contribution in [2.45, 2.75) is 25.0 Å². The van der Waals surface area contributed by atoms with Crippen molar-refractivity contribution >= 4 is 29.2 Å². The minimum atomic E-state index is -0.584. The highest BCUT2D eigenvalue weighted by molar-refractivity contribution is 7.80. The molecule has 0 aromatic heterocycles. The maximum atomic E-state index is 14.7. The predicted molar refractivity (Wildman–Crippen MR) is 110 cm³/mol. The maximum absolute atomic E-state index is 14.7. The summed E-state index contributed by atoms with van der Waals surface area (Å²) in [6, 6.07) is 13.2. The molecule has 2 saturated heterocycles. The van der Waals surface area contributed by atoms with Gasteiger partial charge in [-0.05, 0) is 36.3 Å². The van der Waals surface area contributed by atoms with Crippen LogP contribution in [0.5, 0.6) is 0 Å². The molecule has 0 amide bonds. The average molecular weight is 401 g/mol. The van der Waals surface area contributed by atoms with Crippen LogP contribution in [0, 0.1) is 11.6 Å². The summed E-state index contributed by atoms with van der Waals surface area (Å²) >= 11 is 4.63. The number of hydrogen-bond donors (Lipinski definition) is 2. The van der Waals surface area contributed by atoms with Gasteiger partial charge in [0.05, 0.1) is 6.21 Å². The summed E-state index contributed by atoms with van der Waals surface area (Å²) in [5.74, 6) is -1.17. The Kier molecular flexibility index (Phi) is 5.23. The Morgan fingerprint density at radius 3 is 2.50 bits per heavy atom. The zero-order valence-corrected chi connectivity index (χ0v) is 16.0. The molecule has 2 aromatic rings. The molecule has 3 N–H and O–H groups in total. The largest absolute Gasteiger partial charge is 0.375 e. The number of nitrogens with zero attached hydrogens (tertiary/aromatic N) is 3. The second-order valence-electron chi connectivity index (χ2n) is 7.18. The number of halogens is 2. The average Bonchev–Trinajstić information content (AvgIpc) is 3.22. The highest BCUT2D eigenvalue weighted by Crippen LogP contribution is 2.38. The van der Waals surface area contributed by atoms with Crippen LogP contribution in [-0.2, 0) is 6.54 Å². The van der Waals surface area contributed by atoms with Crippen LogP contribution in [0.1, 0.15) is 17.5 Å². The van der Waals surface area contributed by atoms with Crippen molar-refractivity contribution < 1.29 is 8.78 Å². The lowest BCUT2D eigenvalue weighted by molar-refractivity contribution is 0.229. The van der Waals surface area contributed by atoms with Gasteiger partial charge in [-0.2, -0.15) is 5.10 Å². The number of piperazine rings is 1. The lowest BCUT2D eigenvalue weighted by Gasteiger charge is -2.36. The second-order valence-corrected chi connectivity index (χ2v) is 7.62. The van der Waals surface area contributed by atoms with E-state index in [1.807, 2.05) is 23.1 Å². The number of rotatable bonds is 5. The molecule has 0 saturated carbocycles. The quantitative estimate of drug-likeness (QED) is 0.458. The molecule has 146 valence electrons. The Morgan fingerprint density at radius 2 is 1.89 bits per heavy atom. The van der Waals surface area contributed by atoms with Crippen molar-refractivity contribution in [2.75, 3.05) is 18.0 Å². The highest BCUT2D eigenvalue weighted by Gasteiger charge is 2.44. The molecular formula is C20H21F2N5S. The first-order valence-electron chi connectivity index (χ1n) is 9.13. The molecule has 0 aliphatic carbocycles. The molecule has 5 nitrogen and oxygen atoms in total. The van der Waals surface area contributed by atoms with Crippen molar-refractivity contribution in [3.8, 4) is 0 Å². The van der Waals surface area contributed by atoms with Crippen LogP contribution < -0.4 is 16.1 Å². The van der Waals surface area contributed by atoms with E-state index in [1.54, 1.807) is 0 Å². The molecule has 2 aliphatic heterocycles. The van der Waals surface area contributed by atoms with E-state index in [9.17, 15) is 8.78 Å². The van der Waals surface area contributed by atoms with E-state index >= 15 is 0 Å². The minimum Gasteiger partial charge on any atom is -0.375 e. The van der Waals surface area contributed by atoms with Crippen LogP contribution in [0.4, 0.5) is 14.5 Å². The molecule has 2 aliphatic rings. The van der Waals surface area contributed by atoms with E-state index in [2.05, 4.69) is 39.8 Å². The van der Waals surface area contributed by atoms with Gasteiger partial charge in [-0.15, -0.1) is 0 Å². The van der Waals surface area contributed by atoms with Crippen LogP contribution in [-0.4, -0.2) is 41.4 Å². The summed E-state index contributed by atoms with van der Waals surface area (Å²) < 4.78 is 29.4. The van der Waals surface area contributed by atoms with E-state index in [0.717, 1.165) is 19.5 Å². The number of likely N-dealkylation sites (tertiary alicyclic amines) is 1. The molecule has 2 aromatic carbocycles. The summed E-state index contributed by atoms with van der Waals surface area (Å²) in [6.07, 6.45) is 2.21. The van der Waals surface area contributed by atoms with Crippen LogP contribution in [0.15, 0.2) is 47.6 Å². The maximum Gasteiger partial charge on any atom is 0.184 e. The first-order chi connectivity index (χ1) is 13.5. The molecular weight excluding hydrogens is 380 g/mol. The SMILES string of the molecule is NC(=S)NN=Cc1cc(F)c(N2C[C@@H]3C[C@H]2CN3Cc2ccccc2)c(F)c1. The van der Waals surface area contributed by atoms with Crippen LogP contribution in [0.2, 0.25) is 0 Å². The number of anilines is 1. The van der Waals surface area contributed by atoms with Gasteiger partial charge in [0.1, 0.15) is 17.3 Å². The van der Waals surface area contributed by atoms with Gasteiger partial charge in [-0.1, -0.05) is 30.3 Å². The Hall–Kier alpha value is -2.58. The van der Waals surface area contributed by atoms with E-state index in [0.29, 0.717) is 18.2 Å². The first kappa shape index (κ1) is 18.8. The summed E-state index contributed by atoms with van der Waals surface area (Å²) in [5, 5.41) is 3.73. The van der Waals surface area contributed by atoms with Crippen molar-refractivity contribution in [1.82, 2.24) is 10.3 Å². The first-order valence-corrected chi connectivity index (χ1v) is 9.54. The predicted octanol–water partition coefficient (Wildman–Crippen LogP) is 2.60. The molecule has 28 heavy (non-hydrogen) atoms. The van der Waals surface area contributed by atoms with E-state index < -0.39 is 11.6 Å². The van der Waals surface area contributed by atoms with Crippen LogP contribution in [0.3, 0.4) is 0 Å². The molecule has 0 radical (unpaired) electrons. The Morgan fingerprint density at radius 1 is 1.18 bits per heavy atom. The smallest absolute Gasteiger partial charge is 0.184 e. The van der Waals surface area contributed by atoms with Gasteiger partial charge in [0.15, 0.2) is 5.11 Å². The van der Waals surface area contributed by atoms with Crippen molar-refractivity contribution in [1.29, 1.82) is 0 Å². The van der Waals surface area contributed by atoms with E-state index in [4.69, 9.17) is 5.73 Å². The highest BCUT2D eigenvalue weighted by atomic mass is 32.1. The molecule has 2 fully saturated rings. The fourth-order valence-electron chi connectivity index (χ4n) is 4.14. The lowest BCUT2D eigenvalue weighted by atomic mass is 10.1. The van der Waals surface area contributed by atoms with E-state index in [-0.39, 0.29) is 16.8 Å². The normalized spacial score (nSPS) is 21.6. The number of nitrogens with one attached hydrogen (secondary N) is 1. The number of thiocarbonyl (C=S) groups is 1. The monoisotopic (exact) mass is 401 g/mol. The van der Waals surface area contributed by atoms with Gasteiger partial charge in [0.25, 0.3) is 0 Å². The summed E-state index contributed by atoms with van der Waals surface area (Å²) in [5.41, 5.74) is 9.24. The van der Waals surface area contributed by atoms with Gasteiger partial charge < -0.3 is 10.6 Å². The molecule has 4 rings (SSSR count). The van der Waals surface area contributed by atoms with Gasteiger partial charge in [0, 0.05) is 37.3 Å². The lowest BCUT2D eigenvalue weighted by Crippen LogP contribution is -2.46. The Bertz CT molecular complexity index is 882. The van der Waals surface area contributed by atoms with Crippen molar-refractivity contribution in [3.05, 3.63) is 65.2 Å². The third-order valence-electron chi connectivity index (χ3n) is 5.30. The second kappa shape index (κ2) is 7.81. The topological polar surface area (TPSA) is 56.9 Å². The molecule has 0 spiro atoms. The molecule has 0 unspecified atom stereocenters. The molecule has 8 heteroatoms. The van der Waals surface area contributed by atoms with Crippen molar-refractivity contribution in [2.24, 2.45) is 10.8 Å². The molecule has 2 heterocycles. The third kappa shape index (κ3) is 3.83. The Balaban J connectivity index is 1.46. The number of hydrazone groups is 1. The summed E-state index contributed by atoms with van der Waals surface area (Å²) in [6.45, 7) is 2.30. The van der Waals surface area contributed by atoms with Gasteiger partial charge in [0.2, 0.25) is 0 Å². The fraction of sp³-hybridized carbons (Fsp3) is 0.300. The minimum absolute atomic E-state index is 0.0121. The number of hydrogen-bond acceptors (Lipinski definition) is 4. The molecule has 2 bridgehead atoms. The fourth-order valence-corrected chi connectivity index (χ4v) is 4.19. The third-order valence-corrected chi connectivity index (χ3v) is 5.39. The van der Waals surface area contributed by atoms with Gasteiger partial charge in [-0.3, -0.25) is 10.3 Å². The number of fused-ring (bicyclic) bond motifs is 2.